The number of nitrogens with one attached hydrogen (secondary N) is 1. The van der Waals surface area contributed by atoms with E-state index in [2.05, 4.69) is 24.7 Å². The Kier molecular flexibility index (Phi) is 7.27. The van der Waals surface area contributed by atoms with E-state index in [9.17, 15) is 29.1 Å². The molecular formula is C17H18N6O8S2. The fraction of sp³-hybridized carbons (Fsp3) is 0.412. The first-order chi connectivity index (χ1) is 15.6. The summed E-state index contributed by atoms with van der Waals surface area (Å²) >= 11 is 2.02. The second-order valence-corrected chi connectivity index (χ2v) is 8.62. The zero-order chi connectivity index (χ0) is 24.3. The molecule has 4 N–H and O–H groups in total. The first-order valence-electron chi connectivity index (χ1n) is 9.20. The number of carbonyl (C=O) groups is 5. The number of oxime groups is 1. The van der Waals surface area contributed by atoms with Gasteiger partial charge < -0.3 is 25.7 Å². The van der Waals surface area contributed by atoms with Crippen molar-refractivity contribution in [2.24, 2.45) is 5.16 Å². The Labute approximate surface area is 194 Å². The summed E-state index contributed by atoms with van der Waals surface area (Å²) in [6.45, 7) is 0.843. The van der Waals surface area contributed by atoms with E-state index in [4.69, 9.17) is 10.5 Å². The van der Waals surface area contributed by atoms with E-state index in [-0.39, 0.29) is 40.3 Å². The molecule has 2 amide bonds. The first kappa shape index (κ1) is 24.1. The van der Waals surface area contributed by atoms with E-state index >= 15 is 0 Å². The summed E-state index contributed by atoms with van der Waals surface area (Å²) in [6, 6.07) is -1.04. The summed E-state index contributed by atoms with van der Waals surface area (Å²) in [5, 5.41) is 15.1. The number of ether oxygens (including phenoxy) is 1. The lowest BCUT2D eigenvalue weighted by atomic mass is 10.0. The summed E-state index contributed by atoms with van der Waals surface area (Å²) in [7, 11) is 1.21. The van der Waals surface area contributed by atoms with Crippen molar-refractivity contribution in [1.82, 2.24) is 19.6 Å². The Morgan fingerprint density at radius 3 is 2.67 bits per heavy atom. The van der Waals surface area contributed by atoms with E-state index in [1.165, 1.54) is 25.8 Å². The lowest BCUT2D eigenvalue weighted by Crippen LogP contribution is -2.71. The molecule has 14 nitrogen and oxygen atoms in total. The SMILES string of the molecule is CON=C(C(=O)NC1C(=O)N2C(C(=O)O)=C(COC(=O)CC(C)=O)CS[C@H]12)c1nsc(N)n1. The fourth-order valence-corrected chi connectivity index (χ4v) is 4.79. The smallest absolute Gasteiger partial charge is 0.352 e. The van der Waals surface area contributed by atoms with Crippen molar-refractivity contribution in [2.45, 2.75) is 24.8 Å². The van der Waals surface area contributed by atoms with Gasteiger partial charge in [-0.2, -0.15) is 9.36 Å². The number of carbonyl (C=O) groups excluding carboxylic acids is 4. The van der Waals surface area contributed by atoms with Gasteiger partial charge in [0.15, 0.2) is 5.13 Å². The number of rotatable bonds is 9. The van der Waals surface area contributed by atoms with Crippen molar-refractivity contribution in [2.75, 3.05) is 25.2 Å². The van der Waals surface area contributed by atoms with E-state index in [1.54, 1.807) is 0 Å². The molecule has 2 aliphatic heterocycles. The predicted octanol–water partition coefficient (Wildman–Crippen LogP) is -1.27. The minimum Gasteiger partial charge on any atom is -0.477 e. The van der Waals surface area contributed by atoms with Crippen LogP contribution in [0.1, 0.15) is 19.2 Å². The van der Waals surface area contributed by atoms with Crippen LogP contribution < -0.4 is 11.1 Å². The molecule has 1 fully saturated rings. The third-order valence-corrected chi connectivity index (χ3v) is 6.27. The quantitative estimate of drug-likeness (QED) is 0.120. The number of amides is 2. The van der Waals surface area contributed by atoms with Crippen molar-refractivity contribution in [1.29, 1.82) is 0 Å². The van der Waals surface area contributed by atoms with Gasteiger partial charge in [-0.15, -0.1) is 11.8 Å². The number of aliphatic carboxylic acids is 1. The highest BCUT2D eigenvalue weighted by atomic mass is 32.2. The molecule has 1 unspecified atom stereocenters. The minimum atomic E-state index is -1.39. The fourth-order valence-electron chi connectivity index (χ4n) is 3.03. The predicted molar refractivity (Wildman–Crippen MR) is 114 cm³/mol. The summed E-state index contributed by atoms with van der Waals surface area (Å²) in [6.07, 6.45) is -0.437. The molecule has 3 rings (SSSR count). The van der Waals surface area contributed by atoms with Crippen molar-refractivity contribution in [3.05, 3.63) is 17.1 Å². The maximum absolute atomic E-state index is 12.7. The number of Topliss-reactive ketones (excluding diaryl/α,β-unsaturated/α-hetero) is 1. The van der Waals surface area contributed by atoms with Crippen molar-refractivity contribution in [3.8, 4) is 0 Å². The Morgan fingerprint density at radius 2 is 2.09 bits per heavy atom. The molecule has 0 saturated carbocycles. The molecule has 1 saturated heterocycles. The van der Waals surface area contributed by atoms with Gasteiger partial charge in [0.1, 0.15) is 43.0 Å². The highest BCUT2D eigenvalue weighted by Crippen LogP contribution is 2.40. The monoisotopic (exact) mass is 498 g/mol. The largest absolute Gasteiger partial charge is 0.477 e. The number of fused-ring (bicyclic) bond motifs is 1. The summed E-state index contributed by atoms with van der Waals surface area (Å²) in [5.41, 5.74) is 5.10. The van der Waals surface area contributed by atoms with E-state index in [0.29, 0.717) is 0 Å². The Balaban J connectivity index is 1.73. The van der Waals surface area contributed by atoms with Crippen molar-refractivity contribution in [3.63, 3.8) is 0 Å². The van der Waals surface area contributed by atoms with Gasteiger partial charge in [-0.25, -0.2) is 4.79 Å². The van der Waals surface area contributed by atoms with Crippen LogP contribution in [0.15, 0.2) is 16.4 Å². The average molecular weight is 498 g/mol. The second kappa shape index (κ2) is 9.95. The second-order valence-electron chi connectivity index (χ2n) is 6.74. The lowest BCUT2D eigenvalue weighted by molar-refractivity contribution is -0.150. The van der Waals surface area contributed by atoms with Gasteiger partial charge in [0.05, 0.1) is 0 Å². The molecule has 1 aromatic rings. The number of aromatic nitrogens is 2. The normalized spacial score (nSPS) is 20.0. The highest BCUT2D eigenvalue weighted by molar-refractivity contribution is 8.00. The molecule has 0 radical (unpaired) electrons. The van der Waals surface area contributed by atoms with Gasteiger partial charge in [0.25, 0.3) is 11.8 Å². The molecule has 0 bridgehead atoms. The number of hydrogen-bond acceptors (Lipinski definition) is 13. The van der Waals surface area contributed by atoms with Crippen LogP contribution in [0.25, 0.3) is 0 Å². The Morgan fingerprint density at radius 1 is 1.36 bits per heavy atom. The molecule has 16 heteroatoms. The van der Waals surface area contributed by atoms with Crippen molar-refractivity contribution < 1.29 is 38.7 Å². The van der Waals surface area contributed by atoms with Crippen LogP contribution in [-0.2, 0) is 33.5 Å². The molecule has 176 valence electrons. The van der Waals surface area contributed by atoms with Crippen LogP contribution in [0.5, 0.6) is 0 Å². The lowest BCUT2D eigenvalue weighted by Gasteiger charge is -2.49. The molecule has 0 aromatic carbocycles. The molecule has 33 heavy (non-hydrogen) atoms. The third-order valence-electron chi connectivity index (χ3n) is 4.39. The number of nitrogens with two attached hydrogens (primary N) is 1. The van der Waals surface area contributed by atoms with Crippen LogP contribution in [-0.4, -0.2) is 85.5 Å². The Bertz CT molecular complexity index is 1080. The van der Waals surface area contributed by atoms with Gasteiger partial charge in [-0.05, 0) is 6.92 Å². The van der Waals surface area contributed by atoms with Crippen LogP contribution in [0, 0.1) is 0 Å². The molecular weight excluding hydrogens is 480 g/mol. The molecule has 2 aliphatic rings. The van der Waals surface area contributed by atoms with E-state index in [1.807, 2.05) is 0 Å². The Hall–Kier alpha value is -3.53. The standard InChI is InChI=1S/C17H18N6O8S2/c1-6(24)3-8(25)31-4-7-5-32-15-10(14(27)23(15)11(7)16(28)29)19-13(26)9(21-30-2)12-20-17(18)33-22-12/h10,15H,3-5H2,1-2H3,(H,19,26)(H,28,29)(H2,18,20,22)/t10?,15-/m1/s1. The molecule has 1 aromatic heterocycles. The maximum Gasteiger partial charge on any atom is 0.352 e. The number of thioether (sulfide) groups is 1. The van der Waals surface area contributed by atoms with Gasteiger partial charge in [0.2, 0.25) is 11.5 Å². The number of ketones is 1. The van der Waals surface area contributed by atoms with Crippen LogP contribution >= 0.6 is 23.3 Å². The van der Waals surface area contributed by atoms with Crippen LogP contribution in [0.4, 0.5) is 5.13 Å². The maximum atomic E-state index is 12.7. The zero-order valence-corrected chi connectivity index (χ0v) is 18.9. The number of carboxylic acids is 1. The number of esters is 1. The number of β-lactam (4-membered cyclic amide) rings is 1. The number of nitrogens with zero attached hydrogens (tertiary/aromatic N) is 4. The summed E-state index contributed by atoms with van der Waals surface area (Å²) in [4.78, 5) is 69.4. The zero-order valence-electron chi connectivity index (χ0n) is 17.3. The highest BCUT2D eigenvalue weighted by Gasteiger charge is 2.54. The van der Waals surface area contributed by atoms with Crippen molar-refractivity contribution >= 4 is 63.7 Å². The van der Waals surface area contributed by atoms with Gasteiger partial charge in [-0.3, -0.25) is 24.1 Å². The molecule has 0 aliphatic carbocycles. The number of nitrogen functional groups attached to an aromatic ring is 1. The number of anilines is 1. The summed E-state index contributed by atoms with van der Waals surface area (Å²) in [5.74, 6) is -4.02. The first-order valence-corrected chi connectivity index (χ1v) is 11.0. The van der Waals surface area contributed by atoms with Gasteiger partial charge >= 0.3 is 11.9 Å². The van der Waals surface area contributed by atoms with E-state index < -0.39 is 47.4 Å². The number of hydrogen-bond donors (Lipinski definition) is 3. The number of carboxylic acid groups (broad SMARTS) is 1. The topological polar surface area (TPSA) is 203 Å². The summed E-state index contributed by atoms with van der Waals surface area (Å²) < 4.78 is 8.85. The van der Waals surface area contributed by atoms with Crippen LogP contribution in [0.2, 0.25) is 0 Å². The van der Waals surface area contributed by atoms with Crippen LogP contribution in [0.3, 0.4) is 0 Å². The third kappa shape index (κ3) is 5.11. The molecule has 3 heterocycles. The van der Waals surface area contributed by atoms with Gasteiger partial charge in [-0.1, -0.05) is 5.16 Å². The van der Waals surface area contributed by atoms with E-state index in [0.717, 1.165) is 16.4 Å². The van der Waals surface area contributed by atoms with Gasteiger partial charge in [0, 0.05) is 22.9 Å². The molecule has 2 atom stereocenters. The minimum absolute atomic E-state index is 0.0856. The molecule has 0 spiro atoms. The average Bonchev–Trinajstić information content (AvgIpc) is 3.18.